The van der Waals surface area contributed by atoms with E-state index in [1.807, 2.05) is 0 Å². The summed E-state index contributed by atoms with van der Waals surface area (Å²) in [7, 11) is 0. The first-order valence-corrected chi connectivity index (χ1v) is 4.31. The molecular formula is C9H11N3O2. The zero-order valence-corrected chi connectivity index (χ0v) is 7.68. The maximum Gasteiger partial charge on any atom is 0.358 e. The number of carboxylic acid groups (broad SMARTS) is 1. The summed E-state index contributed by atoms with van der Waals surface area (Å²) < 4.78 is 1.51. The molecule has 0 aromatic carbocycles. The minimum atomic E-state index is -1.06. The Kier molecular flexibility index (Phi) is 3.68. The number of unbranched alkanes of at least 4 members (excludes halogenated alkanes) is 2. The van der Waals surface area contributed by atoms with E-state index in [2.05, 4.69) is 16.2 Å². The maximum absolute atomic E-state index is 10.4. The van der Waals surface area contributed by atoms with Gasteiger partial charge in [-0.15, -0.1) is 17.4 Å². The number of aryl methyl sites for hydroxylation is 1. The first-order chi connectivity index (χ1) is 6.74. The predicted octanol–water partition coefficient (Wildman–Crippen LogP) is 0.780. The summed E-state index contributed by atoms with van der Waals surface area (Å²) in [5.74, 6) is 1.48. The second-order valence-electron chi connectivity index (χ2n) is 2.83. The molecule has 5 heteroatoms. The molecule has 0 atom stereocenters. The van der Waals surface area contributed by atoms with Gasteiger partial charge >= 0.3 is 5.97 Å². The van der Waals surface area contributed by atoms with Crippen LogP contribution in [0.5, 0.6) is 0 Å². The van der Waals surface area contributed by atoms with Gasteiger partial charge in [-0.25, -0.2) is 4.79 Å². The molecule has 0 spiro atoms. The topological polar surface area (TPSA) is 68.0 Å². The highest BCUT2D eigenvalue weighted by Crippen LogP contribution is 1.98. The Bertz CT molecular complexity index is 351. The standard InChI is InChI=1S/C9H11N3O2/c1-2-3-4-5-6-12-7-8(9(13)14)10-11-12/h1,7H,3-6H2,(H,13,14). The van der Waals surface area contributed by atoms with E-state index in [-0.39, 0.29) is 5.69 Å². The molecule has 1 N–H and O–H groups in total. The van der Waals surface area contributed by atoms with E-state index < -0.39 is 5.97 Å². The molecule has 0 fully saturated rings. The Balaban J connectivity index is 2.37. The quantitative estimate of drug-likeness (QED) is 0.554. The Morgan fingerprint density at radius 1 is 1.64 bits per heavy atom. The van der Waals surface area contributed by atoms with Crippen molar-refractivity contribution in [2.24, 2.45) is 0 Å². The van der Waals surface area contributed by atoms with Crippen molar-refractivity contribution in [1.82, 2.24) is 15.0 Å². The third-order valence-electron chi connectivity index (χ3n) is 1.72. The fourth-order valence-corrected chi connectivity index (χ4v) is 1.01. The molecule has 0 aliphatic rings. The minimum Gasteiger partial charge on any atom is -0.476 e. The Morgan fingerprint density at radius 3 is 3.00 bits per heavy atom. The lowest BCUT2D eigenvalue weighted by atomic mass is 10.2. The van der Waals surface area contributed by atoms with Crippen molar-refractivity contribution < 1.29 is 9.90 Å². The van der Waals surface area contributed by atoms with Crippen molar-refractivity contribution >= 4 is 5.97 Å². The van der Waals surface area contributed by atoms with E-state index in [0.717, 1.165) is 19.3 Å². The highest BCUT2D eigenvalue weighted by molar-refractivity contribution is 5.84. The van der Waals surface area contributed by atoms with Gasteiger partial charge in [0.15, 0.2) is 5.69 Å². The third kappa shape index (κ3) is 2.90. The molecule has 14 heavy (non-hydrogen) atoms. The zero-order chi connectivity index (χ0) is 10.4. The van der Waals surface area contributed by atoms with Gasteiger partial charge in [0, 0.05) is 13.0 Å². The molecule has 0 aliphatic heterocycles. The van der Waals surface area contributed by atoms with E-state index in [4.69, 9.17) is 11.5 Å². The molecule has 0 saturated carbocycles. The summed E-state index contributed by atoms with van der Waals surface area (Å²) in [6.07, 6.45) is 9.04. The van der Waals surface area contributed by atoms with Crippen molar-refractivity contribution in [3.63, 3.8) is 0 Å². The lowest BCUT2D eigenvalue weighted by Crippen LogP contribution is -1.98. The molecule has 0 aliphatic carbocycles. The average Bonchev–Trinajstić information content (AvgIpc) is 2.61. The second-order valence-corrected chi connectivity index (χ2v) is 2.83. The van der Waals surface area contributed by atoms with Gasteiger partial charge in [0.25, 0.3) is 0 Å². The molecule has 5 nitrogen and oxygen atoms in total. The van der Waals surface area contributed by atoms with Gasteiger partial charge in [0.1, 0.15) is 0 Å². The Hall–Kier alpha value is -1.83. The maximum atomic E-state index is 10.4. The molecule has 1 aromatic rings. The van der Waals surface area contributed by atoms with Gasteiger partial charge in [0.2, 0.25) is 0 Å². The van der Waals surface area contributed by atoms with Gasteiger partial charge in [-0.2, -0.15) is 0 Å². The van der Waals surface area contributed by atoms with Gasteiger partial charge in [-0.1, -0.05) is 5.21 Å². The van der Waals surface area contributed by atoms with Crippen LogP contribution in [0.2, 0.25) is 0 Å². The normalized spacial score (nSPS) is 9.64. The van der Waals surface area contributed by atoms with Crippen LogP contribution >= 0.6 is 0 Å². The zero-order valence-electron chi connectivity index (χ0n) is 7.68. The number of rotatable bonds is 5. The number of hydrogen-bond donors (Lipinski definition) is 1. The van der Waals surface area contributed by atoms with E-state index in [1.165, 1.54) is 10.9 Å². The molecule has 1 heterocycles. The van der Waals surface area contributed by atoms with E-state index >= 15 is 0 Å². The number of aromatic carboxylic acids is 1. The van der Waals surface area contributed by atoms with Crippen molar-refractivity contribution in [2.45, 2.75) is 25.8 Å². The minimum absolute atomic E-state index is 0.0260. The average molecular weight is 193 g/mol. The van der Waals surface area contributed by atoms with Crippen LogP contribution in [-0.4, -0.2) is 26.1 Å². The predicted molar refractivity (Wildman–Crippen MR) is 49.7 cm³/mol. The largest absolute Gasteiger partial charge is 0.476 e. The molecule has 1 rings (SSSR count). The molecule has 0 unspecified atom stereocenters. The summed E-state index contributed by atoms with van der Waals surface area (Å²) in [5.41, 5.74) is -0.0260. The van der Waals surface area contributed by atoms with Crippen LogP contribution in [-0.2, 0) is 6.54 Å². The van der Waals surface area contributed by atoms with Gasteiger partial charge in [-0.3, -0.25) is 4.68 Å². The smallest absolute Gasteiger partial charge is 0.358 e. The van der Waals surface area contributed by atoms with Crippen molar-refractivity contribution in [1.29, 1.82) is 0 Å². The number of aromatic nitrogens is 3. The van der Waals surface area contributed by atoms with Crippen molar-refractivity contribution in [3.05, 3.63) is 11.9 Å². The molecule has 74 valence electrons. The second kappa shape index (κ2) is 5.02. The highest BCUT2D eigenvalue weighted by atomic mass is 16.4. The fraction of sp³-hybridized carbons (Fsp3) is 0.444. The molecule has 0 amide bonds. The first kappa shape index (κ1) is 10.3. The summed E-state index contributed by atoms with van der Waals surface area (Å²) in [4.78, 5) is 10.4. The van der Waals surface area contributed by atoms with Crippen LogP contribution in [0.25, 0.3) is 0 Å². The third-order valence-corrected chi connectivity index (χ3v) is 1.72. The number of carboxylic acids is 1. The van der Waals surface area contributed by atoms with Crippen LogP contribution in [0.4, 0.5) is 0 Å². The lowest BCUT2D eigenvalue weighted by Gasteiger charge is -1.96. The highest BCUT2D eigenvalue weighted by Gasteiger charge is 2.07. The summed E-state index contributed by atoms with van der Waals surface area (Å²) in [6.45, 7) is 0.655. The number of hydrogen-bond acceptors (Lipinski definition) is 3. The monoisotopic (exact) mass is 193 g/mol. The van der Waals surface area contributed by atoms with Crippen LogP contribution in [0.1, 0.15) is 29.8 Å². The van der Waals surface area contributed by atoms with Gasteiger partial charge in [-0.05, 0) is 12.8 Å². The molecule has 0 saturated heterocycles. The Labute approximate surface area is 81.7 Å². The van der Waals surface area contributed by atoms with Crippen molar-refractivity contribution in [3.8, 4) is 12.3 Å². The van der Waals surface area contributed by atoms with Crippen LogP contribution in [0.3, 0.4) is 0 Å². The molecule has 1 aromatic heterocycles. The number of nitrogens with zero attached hydrogens (tertiary/aromatic N) is 3. The van der Waals surface area contributed by atoms with E-state index in [9.17, 15) is 4.79 Å². The van der Waals surface area contributed by atoms with E-state index in [0.29, 0.717) is 6.54 Å². The number of terminal acetylenes is 1. The van der Waals surface area contributed by atoms with Crippen LogP contribution in [0, 0.1) is 12.3 Å². The molecule has 0 radical (unpaired) electrons. The SMILES string of the molecule is C#CCCCCn1cc(C(=O)O)nn1. The first-order valence-electron chi connectivity index (χ1n) is 4.31. The Morgan fingerprint density at radius 2 is 2.43 bits per heavy atom. The lowest BCUT2D eigenvalue weighted by molar-refractivity contribution is 0.0690. The summed E-state index contributed by atoms with van der Waals surface area (Å²) in [6, 6.07) is 0. The summed E-state index contributed by atoms with van der Waals surface area (Å²) >= 11 is 0. The van der Waals surface area contributed by atoms with Gasteiger partial charge < -0.3 is 5.11 Å². The van der Waals surface area contributed by atoms with E-state index in [1.54, 1.807) is 0 Å². The molecular weight excluding hydrogens is 182 g/mol. The van der Waals surface area contributed by atoms with Crippen LogP contribution in [0.15, 0.2) is 6.20 Å². The summed E-state index contributed by atoms with van der Waals surface area (Å²) in [5, 5.41) is 15.7. The van der Waals surface area contributed by atoms with Crippen molar-refractivity contribution in [2.75, 3.05) is 0 Å². The van der Waals surface area contributed by atoms with Gasteiger partial charge in [0.05, 0.1) is 6.20 Å². The fourth-order valence-electron chi connectivity index (χ4n) is 1.01. The molecule has 0 bridgehead atoms. The number of carbonyl (C=O) groups is 1. The van der Waals surface area contributed by atoms with Crippen LogP contribution < -0.4 is 0 Å².